The Kier molecular flexibility index (Phi) is 11.6. The smallest absolute Gasteiger partial charge is 0.872 e. The summed E-state index contributed by atoms with van der Waals surface area (Å²) in [4.78, 5) is 20.4. The molecule has 29 heavy (non-hydrogen) atoms. The third kappa shape index (κ3) is 9.04. The minimum absolute atomic E-state index is 0. The van der Waals surface area contributed by atoms with Gasteiger partial charge in [0.15, 0.2) is 0 Å². The molecule has 3 aromatic carbocycles. The normalized spacial score (nSPS) is 8.90. The molecule has 0 aliphatic heterocycles. The fraction of sp³-hybridized carbons (Fsp3) is 0.0909. The van der Waals surface area contributed by atoms with Crippen LogP contribution in [0.3, 0.4) is 0 Å². The molecule has 6 nitrogen and oxygen atoms in total. The Balaban J connectivity index is 0.000000401. The van der Waals surface area contributed by atoms with Crippen molar-refractivity contribution >= 4 is 11.9 Å². The number of carboxylic acid groups (broad SMARTS) is 2. The molecule has 0 bridgehead atoms. The van der Waals surface area contributed by atoms with E-state index in [9.17, 15) is 19.8 Å². The van der Waals surface area contributed by atoms with Crippen molar-refractivity contribution in [1.29, 1.82) is 0 Å². The van der Waals surface area contributed by atoms with Crippen LogP contribution in [0, 0.1) is 13.8 Å². The van der Waals surface area contributed by atoms with E-state index < -0.39 is 23.4 Å². The molecule has 7 heteroatoms. The molecule has 0 saturated carbocycles. The van der Waals surface area contributed by atoms with Crippen molar-refractivity contribution in [2.24, 2.45) is 0 Å². The van der Waals surface area contributed by atoms with Gasteiger partial charge < -0.3 is 20.4 Å². The van der Waals surface area contributed by atoms with Crippen molar-refractivity contribution in [3.05, 3.63) is 95.1 Å². The van der Waals surface area contributed by atoms with Gasteiger partial charge in [0.25, 0.3) is 0 Å². The molecule has 2 N–H and O–H groups in total. The van der Waals surface area contributed by atoms with Gasteiger partial charge >= 0.3 is 31.4 Å². The topological polar surface area (TPSA) is 121 Å². The third-order valence-corrected chi connectivity index (χ3v) is 3.66. The van der Waals surface area contributed by atoms with Crippen LogP contribution in [0.4, 0.5) is 0 Å². The monoisotopic (exact) mass is 444 g/mol. The first-order valence-electron chi connectivity index (χ1n) is 8.25. The Morgan fingerprint density at radius 1 is 0.621 bits per heavy atom. The molecule has 0 aliphatic carbocycles. The average Bonchev–Trinajstić information content (AvgIpc) is 2.65. The molecule has 3 aromatic rings. The van der Waals surface area contributed by atoms with Gasteiger partial charge in [-0.2, -0.15) is 0 Å². The standard InChI is InChI=1S/C8H10.2C7H6O3.Zn/c1-7-5-3-4-6-8(7)2;2*8-6-4-2-1-3-5(6)7(9)10;/h3-6H,1-2H3;2*1-4,8H,(H,9,10);/q;;;+2/p-2. The van der Waals surface area contributed by atoms with Gasteiger partial charge in [-0.3, -0.25) is 0 Å². The number of hydrogen-bond acceptors (Lipinski definition) is 4. The maximum absolute atomic E-state index is 10.7. The van der Waals surface area contributed by atoms with Crippen LogP contribution in [0.15, 0.2) is 72.8 Å². The summed E-state index contributed by atoms with van der Waals surface area (Å²) < 4.78 is 0. The Labute approximate surface area is 181 Å². The van der Waals surface area contributed by atoms with Gasteiger partial charge in [-0.25, -0.2) is 9.59 Å². The molecule has 0 saturated heterocycles. The molecule has 0 atom stereocenters. The first-order chi connectivity index (χ1) is 13.2. The first kappa shape index (κ1) is 25.8. The van der Waals surface area contributed by atoms with Crippen LogP contribution in [-0.2, 0) is 19.5 Å². The minimum atomic E-state index is -1.18. The predicted molar refractivity (Wildman–Crippen MR) is 102 cm³/mol. The Morgan fingerprint density at radius 3 is 1.10 bits per heavy atom. The number of rotatable bonds is 2. The SMILES string of the molecule is Cc1ccccc1C.O=C(O)c1ccccc1[O-].O=C(O)c1ccccc1[O-].[Zn+2]. The fourth-order valence-corrected chi connectivity index (χ4v) is 1.95. The van der Waals surface area contributed by atoms with Gasteiger partial charge in [0.05, 0.1) is 11.1 Å². The molecular weight excluding hydrogens is 426 g/mol. The van der Waals surface area contributed by atoms with Crippen molar-refractivity contribution in [2.75, 3.05) is 0 Å². The molecular formula is C22H20O6Zn. The quantitative estimate of drug-likeness (QED) is 0.584. The minimum Gasteiger partial charge on any atom is -0.872 e. The summed E-state index contributed by atoms with van der Waals surface area (Å²) in [6, 6.07) is 19.4. The summed E-state index contributed by atoms with van der Waals surface area (Å²) in [6.45, 7) is 4.24. The number of carboxylic acids is 2. The summed E-state index contributed by atoms with van der Waals surface area (Å²) in [7, 11) is 0. The summed E-state index contributed by atoms with van der Waals surface area (Å²) in [5.41, 5.74) is 2.38. The summed E-state index contributed by atoms with van der Waals surface area (Å²) in [6.07, 6.45) is 0. The van der Waals surface area contributed by atoms with Gasteiger partial charge in [-0.1, -0.05) is 72.2 Å². The van der Waals surface area contributed by atoms with Gasteiger partial charge in [0.2, 0.25) is 0 Å². The maximum Gasteiger partial charge on any atom is 2.00 e. The maximum atomic E-state index is 10.7. The summed E-state index contributed by atoms with van der Waals surface area (Å²) >= 11 is 0. The number of para-hydroxylation sites is 2. The largest absolute Gasteiger partial charge is 2.00 e. The van der Waals surface area contributed by atoms with Crippen LogP contribution in [0.25, 0.3) is 0 Å². The molecule has 0 aliphatic rings. The van der Waals surface area contributed by atoms with Crippen molar-refractivity contribution in [1.82, 2.24) is 0 Å². The van der Waals surface area contributed by atoms with Crippen LogP contribution in [-0.4, -0.2) is 22.2 Å². The van der Waals surface area contributed by atoms with Crippen molar-refractivity contribution in [2.45, 2.75) is 13.8 Å². The molecule has 0 unspecified atom stereocenters. The molecule has 3 rings (SSSR count). The zero-order valence-corrected chi connectivity index (χ0v) is 19.1. The van der Waals surface area contributed by atoms with E-state index in [-0.39, 0.29) is 30.6 Å². The molecule has 146 valence electrons. The van der Waals surface area contributed by atoms with Gasteiger partial charge in [0.1, 0.15) is 0 Å². The van der Waals surface area contributed by atoms with Gasteiger partial charge in [0, 0.05) is 0 Å². The number of aryl methyl sites for hydroxylation is 2. The zero-order valence-electron chi connectivity index (χ0n) is 16.2. The molecule has 0 spiro atoms. The van der Waals surface area contributed by atoms with Gasteiger partial charge in [-0.15, -0.1) is 0 Å². The van der Waals surface area contributed by atoms with E-state index in [1.807, 2.05) is 0 Å². The number of benzene rings is 3. The van der Waals surface area contributed by atoms with E-state index in [0.29, 0.717) is 0 Å². The van der Waals surface area contributed by atoms with Crippen LogP contribution in [0.5, 0.6) is 11.5 Å². The second-order valence-corrected chi connectivity index (χ2v) is 5.69. The van der Waals surface area contributed by atoms with Crippen LogP contribution < -0.4 is 10.2 Å². The molecule has 0 heterocycles. The van der Waals surface area contributed by atoms with Gasteiger partial charge in [-0.05, 0) is 37.1 Å². The van der Waals surface area contributed by atoms with Crippen molar-refractivity contribution in [3.63, 3.8) is 0 Å². The van der Waals surface area contributed by atoms with E-state index in [1.165, 1.54) is 59.7 Å². The van der Waals surface area contributed by atoms with E-state index in [2.05, 4.69) is 38.1 Å². The second kappa shape index (κ2) is 13.1. The van der Waals surface area contributed by atoms with E-state index >= 15 is 0 Å². The second-order valence-electron chi connectivity index (χ2n) is 5.69. The van der Waals surface area contributed by atoms with Crippen LogP contribution in [0.2, 0.25) is 0 Å². The number of aromatic carboxylic acids is 2. The molecule has 0 amide bonds. The number of hydrogen-bond donors (Lipinski definition) is 2. The van der Waals surface area contributed by atoms with Crippen LogP contribution >= 0.6 is 0 Å². The predicted octanol–water partition coefficient (Wildman–Crippen LogP) is 3.22. The first-order valence-corrected chi connectivity index (χ1v) is 8.25. The van der Waals surface area contributed by atoms with E-state index in [4.69, 9.17) is 10.2 Å². The van der Waals surface area contributed by atoms with Crippen molar-refractivity contribution < 1.29 is 49.5 Å². The zero-order chi connectivity index (χ0) is 21.1. The Hall–Kier alpha value is -3.18. The fourth-order valence-electron chi connectivity index (χ4n) is 1.95. The van der Waals surface area contributed by atoms with Crippen molar-refractivity contribution in [3.8, 4) is 11.5 Å². The van der Waals surface area contributed by atoms with Crippen LogP contribution in [0.1, 0.15) is 31.8 Å². The Morgan fingerprint density at radius 2 is 0.897 bits per heavy atom. The van der Waals surface area contributed by atoms with E-state index in [0.717, 1.165) is 0 Å². The number of carbonyl (C=O) groups is 2. The average molecular weight is 446 g/mol. The summed E-state index contributed by atoms with van der Waals surface area (Å²) in [5.74, 6) is -3.25. The molecule has 0 radical (unpaired) electrons. The Bertz CT molecular complexity index is 863. The molecule has 0 aromatic heterocycles. The third-order valence-electron chi connectivity index (χ3n) is 3.66. The molecule has 0 fully saturated rings. The van der Waals surface area contributed by atoms with E-state index in [1.54, 1.807) is 0 Å². The summed E-state index contributed by atoms with van der Waals surface area (Å²) in [5, 5.41) is 38.1.